The summed E-state index contributed by atoms with van der Waals surface area (Å²) in [4.78, 5) is 27.0. The van der Waals surface area contributed by atoms with Crippen LogP contribution < -0.4 is 5.56 Å². The first-order valence-electron chi connectivity index (χ1n) is 5.19. The van der Waals surface area contributed by atoms with E-state index < -0.39 is 0 Å². The zero-order valence-corrected chi connectivity index (χ0v) is 9.77. The van der Waals surface area contributed by atoms with Gasteiger partial charge in [0.2, 0.25) is 0 Å². The number of ether oxygens (including phenoxy) is 1. The highest BCUT2D eigenvalue weighted by Crippen LogP contribution is 2.09. The largest absolute Gasteiger partial charge is 0.468 e. The van der Waals surface area contributed by atoms with E-state index in [1.165, 1.54) is 6.33 Å². The van der Waals surface area contributed by atoms with Gasteiger partial charge in [-0.25, -0.2) is 4.98 Å². The van der Waals surface area contributed by atoms with Gasteiger partial charge in [-0.3, -0.25) is 9.59 Å². The average Bonchev–Trinajstić information content (AvgIpc) is 2.33. The van der Waals surface area contributed by atoms with Crippen LogP contribution in [-0.2, 0) is 9.53 Å². The molecule has 1 heterocycles. The fourth-order valence-electron chi connectivity index (χ4n) is 1.31. The first-order valence-corrected chi connectivity index (χ1v) is 5.19. The number of rotatable bonds is 2. The lowest BCUT2D eigenvalue weighted by Gasteiger charge is -1.97. The van der Waals surface area contributed by atoms with Crippen LogP contribution in [0.5, 0.6) is 0 Å². The van der Waals surface area contributed by atoms with E-state index in [9.17, 15) is 9.59 Å². The quantitative estimate of drug-likeness (QED) is 0.797. The van der Waals surface area contributed by atoms with Crippen LogP contribution in [0.1, 0.15) is 12.5 Å². The minimum atomic E-state index is -0.0799. The molecule has 17 heavy (non-hydrogen) atoms. The summed E-state index contributed by atoms with van der Waals surface area (Å²) in [5.74, 6) is 0. The third-order valence-electron chi connectivity index (χ3n) is 2.11. The van der Waals surface area contributed by atoms with Crippen molar-refractivity contribution in [2.75, 3.05) is 6.61 Å². The Labute approximate surface area is 98.5 Å². The number of benzene rings is 1. The highest BCUT2D eigenvalue weighted by atomic mass is 16.5. The van der Waals surface area contributed by atoms with Crippen LogP contribution in [0.4, 0.5) is 0 Å². The fourth-order valence-corrected chi connectivity index (χ4v) is 1.31. The van der Waals surface area contributed by atoms with E-state index in [0.29, 0.717) is 18.5 Å². The van der Waals surface area contributed by atoms with E-state index in [-0.39, 0.29) is 5.56 Å². The van der Waals surface area contributed by atoms with Crippen molar-refractivity contribution < 1.29 is 9.53 Å². The molecule has 5 nitrogen and oxygen atoms in total. The molecule has 1 N–H and O–H groups in total. The molecule has 0 aliphatic carbocycles. The number of carbonyl (C=O) groups is 1. The van der Waals surface area contributed by atoms with Crippen molar-refractivity contribution in [1.29, 1.82) is 0 Å². The van der Waals surface area contributed by atoms with Crippen LogP contribution in [0.2, 0.25) is 0 Å². The van der Waals surface area contributed by atoms with E-state index >= 15 is 0 Å². The number of aromatic amines is 1. The maximum Gasteiger partial charge on any atom is 0.293 e. The van der Waals surface area contributed by atoms with Gasteiger partial charge in [0.25, 0.3) is 12.0 Å². The molecule has 0 aliphatic rings. The van der Waals surface area contributed by atoms with Gasteiger partial charge in [-0.05, 0) is 25.5 Å². The van der Waals surface area contributed by atoms with Gasteiger partial charge < -0.3 is 9.72 Å². The zero-order chi connectivity index (χ0) is 12.7. The molecule has 0 spiro atoms. The second-order valence-electron chi connectivity index (χ2n) is 3.25. The van der Waals surface area contributed by atoms with Crippen LogP contribution >= 0.6 is 0 Å². The topological polar surface area (TPSA) is 72.1 Å². The SMILES string of the molecule is CCOC=O.Cc1cccc2c(=O)[nH]cnc12. The number of fused-ring (bicyclic) bond motifs is 1. The Kier molecular flexibility index (Phi) is 4.87. The molecule has 2 rings (SSSR count). The van der Waals surface area contributed by atoms with Gasteiger partial charge in [-0.15, -0.1) is 0 Å². The molecule has 0 fully saturated rings. The van der Waals surface area contributed by atoms with Crippen molar-refractivity contribution in [3.05, 3.63) is 40.4 Å². The minimum Gasteiger partial charge on any atom is -0.468 e. The number of H-pyrrole nitrogens is 1. The minimum absolute atomic E-state index is 0.0799. The van der Waals surface area contributed by atoms with Crippen LogP contribution in [0.3, 0.4) is 0 Å². The summed E-state index contributed by atoms with van der Waals surface area (Å²) >= 11 is 0. The molecule has 0 aliphatic heterocycles. The molecule has 0 amide bonds. The number of aryl methyl sites for hydroxylation is 1. The summed E-state index contributed by atoms with van der Waals surface area (Å²) in [6, 6.07) is 5.57. The van der Waals surface area contributed by atoms with E-state index in [1.807, 2.05) is 19.1 Å². The Hall–Kier alpha value is -2.17. The van der Waals surface area contributed by atoms with Crippen molar-refractivity contribution >= 4 is 17.4 Å². The molecule has 0 atom stereocenters. The predicted octanol–water partition coefficient (Wildman–Crippen LogP) is 1.41. The van der Waals surface area contributed by atoms with E-state index in [0.717, 1.165) is 11.1 Å². The highest BCUT2D eigenvalue weighted by molar-refractivity contribution is 5.80. The number of para-hydroxylation sites is 1. The Morgan fingerprint density at radius 2 is 2.24 bits per heavy atom. The molecule has 1 aromatic carbocycles. The first-order chi connectivity index (χ1) is 8.20. The van der Waals surface area contributed by atoms with Gasteiger partial charge in [0.1, 0.15) is 0 Å². The lowest BCUT2D eigenvalue weighted by atomic mass is 10.1. The number of carbonyl (C=O) groups excluding carboxylic acids is 1. The smallest absolute Gasteiger partial charge is 0.293 e. The summed E-state index contributed by atoms with van der Waals surface area (Å²) in [7, 11) is 0. The average molecular weight is 234 g/mol. The Morgan fingerprint density at radius 1 is 1.47 bits per heavy atom. The van der Waals surface area contributed by atoms with Crippen LogP contribution in [-0.4, -0.2) is 23.0 Å². The first kappa shape index (κ1) is 12.9. The second-order valence-corrected chi connectivity index (χ2v) is 3.25. The fraction of sp³-hybridized carbons (Fsp3) is 0.250. The van der Waals surface area contributed by atoms with Crippen LogP contribution in [0, 0.1) is 6.92 Å². The summed E-state index contributed by atoms with van der Waals surface area (Å²) in [5, 5.41) is 0.650. The summed E-state index contributed by atoms with van der Waals surface area (Å²) in [6.45, 7) is 4.60. The zero-order valence-electron chi connectivity index (χ0n) is 9.77. The molecule has 2 aromatic rings. The van der Waals surface area contributed by atoms with Crippen molar-refractivity contribution in [1.82, 2.24) is 9.97 Å². The molecular formula is C12H14N2O3. The van der Waals surface area contributed by atoms with Crippen molar-refractivity contribution in [2.45, 2.75) is 13.8 Å². The predicted molar refractivity (Wildman–Crippen MR) is 64.8 cm³/mol. The maximum atomic E-state index is 11.2. The third kappa shape index (κ3) is 3.41. The Bertz CT molecular complexity index is 549. The third-order valence-corrected chi connectivity index (χ3v) is 2.11. The number of hydrogen-bond donors (Lipinski definition) is 1. The standard InChI is InChI=1S/C9H8N2O.C3H6O2/c1-6-3-2-4-7-8(6)10-5-11-9(7)12;1-2-5-3-4/h2-5H,1H3,(H,10,11,12);3H,2H2,1H3. The van der Waals surface area contributed by atoms with Crippen molar-refractivity contribution in [3.63, 3.8) is 0 Å². The lowest BCUT2D eigenvalue weighted by molar-refractivity contribution is -0.128. The van der Waals surface area contributed by atoms with E-state index in [2.05, 4.69) is 14.7 Å². The Morgan fingerprint density at radius 3 is 2.76 bits per heavy atom. The normalized spacial score (nSPS) is 9.29. The lowest BCUT2D eigenvalue weighted by Crippen LogP contribution is -2.06. The van der Waals surface area contributed by atoms with Crippen molar-refractivity contribution in [2.24, 2.45) is 0 Å². The van der Waals surface area contributed by atoms with Gasteiger partial charge in [0, 0.05) is 0 Å². The summed E-state index contributed by atoms with van der Waals surface area (Å²) in [5.41, 5.74) is 1.73. The van der Waals surface area contributed by atoms with Crippen LogP contribution in [0.25, 0.3) is 10.9 Å². The van der Waals surface area contributed by atoms with Crippen molar-refractivity contribution in [3.8, 4) is 0 Å². The summed E-state index contributed by atoms with van der Waals surface area (Å²) < 4.78 is 4.15. The maximum absolute atomic E-state index is 11.2. The van der Waals surface area contributed by atoms with Gasteiger partial charge in [-0.2, -0.15) is 0 Å². The monoisotopic (exact) mass is 234 g/mol. The molecule has 0 radical (unpaired) electrons. The van der Waals surface area contributed by atoms with Gasteiger partial charge >= 0.3 is 0 Å². The molecular weight excluding hydrogens is 220 g/mol. The van der Waals surface area contributed by atoms with Gasteiger partial charge in [0.05, 0.1) is 23.8 Å². The van der Waals surface area contributed by atoms with Crippen LogP contribution in [0.15, 0.2) is 29.3 Å². The molecule has 0 unspecified atom stereocenters. The summed E-state index contributed by atoms with van der Waals surface area (Å²) in [6.07, 6.45) is 1.43. The van der Waals surface area contributed by atoms with E-state index in [1.54, 1.807) is 13.0 Å². The van der Waals surface area contributed by atoms with Gasteiger partial charge in [-0.1, -0.05) is 12.1 Å². The Balaban J connectivity index is 0.000000249. The number of nitrogens with one attached hydrogen (secondary N) is 1. The molecule has 0 saturated heterocycles. The molecule has 0 bridgehead atoms. The van der Waals surface area contributed by atoms with E-state index in [4.69, 9.17) is 0 Å². The number of hydrogen-bond acceptors (Lipinski definition) is 4. The second kappa shape index (κ2) is 6.42. The molecule has 90 valence electrons. The number of aromatic nitrogens is 2. The molecule has 1 aromatic heterocycles. The molecule has 0 saturated carbocycles. The molecule has 5 heteroatoms. The highest BCUT2D eigenvalue weighted by Gasteiger charge is 1.99. The van der Waals surface area contributed by atoms with Gasteiger partial charge in [0.15, 0.2) is 0 Å². The number of nitrogens with zero attached hydrogens (tertiary/aromatic N) is 1.